The Morgan fingerprint density at radius 1 is 1.12 bits per heavy atom. The Bertz CT molecular complexity index is 711. The molecular weight excluding hydrogens is 302 g/mol. The molecule has 0 bridgehead atoms. The molecule has 0 radical (unpaired) electrons. The summed E-state index contributed by atoms with van der Waals surface area (Å²) in [6.45, 7) is 4.58. The number of carbonyl (C=O) groups excluding carboxylic acids is 2. The maximum Gasteiger partial charge on any atom is 0.251 e. The number of amides is 2. The van der Waals surface area contributed by atoms with Gasteiger partial charge in [-0.15, -0.1) is 0 Å². The number of nitrogens with two attached hydrogens (primary N) is 1. The molecule has 5 heteroatoms. The Balaban J connectivity index is 2.06. The van der Waals surface area contributed by atoms with Crippen LogP contribution < -0.4 is 16.4 Å². The molecular formula is C19H23N3O2. The van der Waals surface area contributed by atoms with E-state index in [1.807, 2.05) is 38.1 Å². The minimum atomic E-state index is -0.761. The van der Waals surface area contributed by atoms with Crippen LogP contribution in [0.25, 0.3) is 0 Å². The van der Waals surface area contributed by atoms with Gasteiger partial charge in [0.15, 0.2) is 0 Å². The minimum Gasteiger partial charge on any atom is -0.352 e. The Hall–Kier alpha value is -2.66. The molecule has 1 unspecified atom stereocenters. The highest BCUT2D eigenvalue weighted by atomic mass is 16.2. The molecule has 0 saturated carbocycles. The van der Waals surface area contributed by atoms with E-state index >= 15 is 0 Å². The third kappa shape index (κ3) is 4.67. The first kappa shape index (κ1) is 17.7. The van der Waals surface area contributed by atoms with Crippen molar-refractivity contribution in [3.63, 3.8) is 0 Å². The van der Waals surface area contributed by atoms with Crippen LogP contribution in [0.4, 0.5) is 5.69 Å². The van der Waals surface area contributed by atoms with Crippen LogP contribution in [0.5, 0.6) is 0 Å². The monoisotopic (exact) mass is 325 g/mol. The van der Waals surface area contributed by atoms with E-state index in [9.17, 15) is 9.59 Å². The van der Waals surface area contributed by atoms with Gasteiger partial charge >= 0.3 is 0 Å². The van der Waals surface area contributed by atoms with E-state index in [1.165, 1.54) is 0 Å². The molecule has 0 aliphatic rings. The minimum absolute atomic E-state index is 0.157. The second kappa shape index (κ2) is 8.26. The van der Waals surface area contributed by atoms with Crippen molar-refractivity contribution >= 4 is 17.5 Å². The smallest absolute Gasteiger partial charge is 0.251 e. The molecule has 0 aliphatic heterocycles. The summed E-state index contributed by atoms with van der Waals surface area (Å²) in [6, 6.07) is 13.6. The summed E-state index contributed by atoms with van der Waals surface area (Å²) in [5, 5.41) is 5.57. The predicted octanol–water partition coefficient (Wildman–Crippen LogP) is 2.77. The number of nitrogens with one attached hydrogen (secondary N) is 2. The van der Waals surface area contributed by atoms with Crippen LogP contribution in [-0.4, -0.2) is 18.4 Å². The molecule has 126 valence electrons. The number of hydrogen-bond acceptors (Lipinski definition) is 3. The molecule has 2 rings (SSSR count). The van der Waals surface area contributed by atoms with Gasteiger partial charge in [0.1, 0.15) is 6.04 Å². The average molecular weight is 325 g/mol. The Labute approximate surface area is 142 Å². The van der Waals surface area contributed by atoms with E-state index in [-0.39, 0.29) is 11.8 Å². The first-order valence-corrected chi connectivity index (χ1v) is 8.02. The molecule has 0 aliphatic carbocycles. The van der Waals surface area contributed by atoms with Crippen LogP contribution >= 0.6 is 0 Å². The van der Waals surface area contributed by atoms with Crippen molar-refractivity contribution in [3.8, 4) is 0 Å². The van der Waals surface area contributed by atoms with E-state index in [0.29, 0.717) is 17.8 Å². The summed E-state index contributed by atoms with van der Waals surface area (Å²) in [5.74, 6) is -0.472. The van der Waals surface area contributed by atoms with Crippen LogP contribution in [-0.2, 0) is 4.79 Å². The second-order valence-electron chi connectivity index (χ2n) is 5.71. The number of anilines is 1. The van der Waals surface area contributed by atoms with Gasteiger partial charge in [0.25, 0.3) is 5.91 Å². The lowest BCUT2D eigenvalue weighted by atomic mass is 10.1. The highest BCUT2D eigenvalue weighted by Crippen LogP contribution is 2.16. The standard InChI is InChI=1S/C19H23N3O2/c1-3-11-21-18(23)15-5-4-6-16(12-15)22-19(24)17(20)14-9-7-13(2)8-10-14/h4-10,12,17H,3,11,20H2,1-2H3,(H,21,23)(H,22,24). The van der Waals surface area contributed by atoms with Crippen LogP contribution in [0.2, 0.25) is 0 Å². The summed E-state index contributed by atoms with van der Waals surface area (Å²) in [7, 11) is 0. The first-order valence-electron chi connectivity index (χ1n) is 8.02. The summed E-state index contributed by atoms with van der Waals surface area (Å²) >= 11 is 0. The second-order valence-corrected chi connectivity index (χ2v) is 5.71. The van der Waals surface area contributed by atoms with Crippen molar-refractivity contribution in [1.82, 2.24) is 5.32 Å². The van der Waals surface area contributed by atoms with Gasteiger partial charge in [0, 0.05) is 17.8 Å². The van der Waals surface area contributed by atoms with Crippen molar-refractivity contribution in [2.24, 2.45) is 5.73 Å². The molecule has 0 aromatic heterocycles. The first-order chi connectivity index (χ1) is 11.5. The van der Waals surface area contributed by atoms with Gasteiger partial charge in [0.2, 0.25) is 5.91 Å². The zero-order valence-electron chi connectivity index (χ0n) is 14.0. The Morgan fingerprint density at radius 3 is 2.50 bits per heavy atom. The normalized spacial score (nSPS) is 11.6. The van der Waals surface area contributed by atoms with E-state index < -0.39 is 6.04 Å². The van der Waals surface area contributed by atoms with Gasteiger partial charge in [-0.1, -0.05) is 42.8 Å². The fraction of sp³-hybridized carbons (Fsp3) is 0.263. The fourth-order valence-electron chi connectivity index (χ4n) is 2.22. The molecule has 24 heavy (non-hydrogen) atoms. The number of carbonyl (C=O) groups is 2. The van der Waals surface area contributed by atoms with Gasteiger partial charge in [-0.3, -0.25) is 9.59 Å². The number of rotatable bonds is 6. The quantitative estimate of drug-likeness (QED) is 0.763. The van der Waals surface area contributed by atoms with E-state index in [0.717, 1.165) is 17.5 Å². The topological polar surface area (TPSA) is 84.2 Å². The zero-order valence-corrected chi connectivity index (χ0v) is 14.0. The number of benzene rings is 2. The van der Waals surface area contributed by atoms with Gasteiger partial charge in [-0.05, 0) is 37.1 Å². The van der Waals surface area contributed by atoms with Gasteiger partial charge in [-0.2, -0.15) is 0 Å². The van der Waals surface area contributed by atoms with E-state index in [1.54, 1.807) is 24.3 Å². The molecule has 1 atom stereocenters. The van der Waals surface area contributed by atoms with Gasteiger partial charge in [0.05, 0.1) is 0 Å². The van der Waals surface area contributed by atoms with Gasteiger partial charge in [-0.25, -0.2) is 0 Å². The lowest BCUT2D eigenvalue weighted by Crippen LogP contribution is -2.28. The molecule has 0 heterocycles. The highest BCUT2D eigenvalue weighted by Gasteiger charge is 2.16. The molecule has 2 aromatic rings. The highest BCUT2D eigenvalue weighted by molar-refractivity contribution is 5.98. The third-order valence-electron chi connectivity index (χ3n) is 3.65. The SMILES string of the molecule is CCCNC(=O)c1cccc(NC(=O)C(N)c2ccc(C)cc2)c1. The fourth-order valence-corrected chi connectivity index (χ4v) is 2.22. The third-order valence-corrected chi connectivity index (χ3v) is 3.65. The Morgan fingerprint density at radius 2 is 1.83 bits per heavy atom. The van der Waals surface area contributed by atoms with Crippen molar-refractivity contribution in [2.75, 3.05) is 11.9 Å². The molecule has 0 saturated heterocycles. The lowest BCUT2D eigenvalue weighted by molar-refractivity contribution is -0.117. The maximum absolute atomic E-state index is 12.3. The zero-order chi connectivity index (χ0) is 17.5. The van der Waals surface area contributed by atoms with Crippen molar-refractivity contribution in [3.05, 3.63) is 65.2 Å². The predicted molar refractivity (Wildman–Crippen MR) is 95.8 cm³/mol. The molecule has 5 nitrogen and oxygen atoms in total. The van der Waals surface area contributed by atoms with Gasteiger partial charge < -0.3 is 16.4 Å². The van der Waals surface area contributed by atoms with E-state index in [2.05, 4.69) is 10.6 Å². The van der Waals surface area contributed by atoms with Crippen LogP contribution in [0.3, 0.4) is 0 Å². The van der Waals surface area contributed by atoms with Crippen molar-refractivity contribution < 1.29 is 9.59 Å². The van der Waals surface area contributed by atoms with E-state index in [4.69, 9.17) is 5.73 Å². The molecule has 2 aromatic carbocycles. The Kier molecular flexibility index (Phi) is 6.09. The average Bonchev–Trinajstić information content (AvgIpc) is 2.60. The molecule has 0 spiro atoms. The molecule has 0 fully saturated rings. The maximum atomic E-state index is 12.3. The summed E-state index contributed by atoms with van der Waals surface area (Å²) < 4.78 is 0. The number of aryl methyl sites for hydroxylation is 1. The van der Waals surface area contributed by atoms with Crippen molar-refractivity contribution in [2.45, 2.75) is 26.3 Å². The van der Waals surface area contributed by atoms with Crippen LogP contribution in [0, 0.1) is 6.92 Å². The largest absolute Gasteiger partial charge is 0.352 e. The lowest BCUT2D eigenvalue weighted by Gasteiger charge is -2.13. The molecule has 4 N–H and O–H groups in total. The summed E-state index contributed by atoms with van der Waals surface area (Å²) in [6.07, 6.45) is 0.869. The van der Waals surface area contributed by atoms with Crippen LogP contribution in [0.15, 0.2) is 48.5 Å². The molecule has 2 amide bonds. The number of hydrogen-bond donors (Lipinski definition) is 3. The van der Waals surface area contributed by atoms with Crippen LogP contribution in [0.1, 0.15) is 40.9 Å². The summed E-state index contributed by atoms with van der Waals surface area (Å²) in [5.41, 5.74) is 8.92. The van der Waals surface area contributed by atoms with Crippen molar-refractivity contribution in [1.29, 1.82) is 0 Å². The summed E-state index contributed by atoms with van der Waals surface area (Å²) in [4.78, 5) is 24.3.